The molecule has 0 saturated carbocycles. The van der Waals surface area contributed by atoms with E-state index in [9.17, 15) is 13.2 Å². The Morgan fingerprint density at radius 2 is 1.79 bits per heavy atom. The number of hydrazone groups is 1. The monoisotopic (exact) mass is 437 g/mol. The number of hydrogen-bond donors (Lipinski definition) is 1. The van der Waals surface area contributed by atoms with Crippen LogP contribution in [-0.2, 0) is 14.8 Å². The van der Waals surface area contributed by atoms with Crippen molar-refractivity contribution in [2.45, 2.75) is 24.3 Å². The van der Waals surface area contributed by atoms with Crippen molar-refractivity contribution >= 4 is 33.2 Å². The third kappa shape index (κ3) is 4.21. The Bertz CT molecular complexity index is 1080. The third-order valence-electron chi connectivity index (χ3n) is 4.59. The maximum Gasteiger partial charge on any atom is 0.241 e. The molecule has 29 heavy (non-hydrogen) atoms. The van der Waals surface area contributed by atoms with E-state index in [1.807, 2.05) is 12.1 Å². The van der Waals surface area contributed by atoms with Gasteiger partial charge in [0.25, 0.3) is 0 Å². The highest BCUT2D eigenvalue weighted by Crippen LogP contribution is 2.38. The summed E-state index contributed by atoms with van der Waals surface area (Å²) in [6.45, 7) is 1.41. The predicted molar refractivity (Wildman–Crippen MR) is 109 cm³/mol. The van der Waals surface area contributed by atoms with Crippen molar-refractivity contribution in [2.75, 3.05) is 14.2 Å². The zero-order valence-corrected chi connectivity index (χ0v) is 17.6. The van der Waals surface area contributed by atoms with E-state index in [-0.39, 0.29) is 22.6 Å². The van der Waals surface area contributed by atoms with E-state index in [0.717, 1.165) is 5.56 Å². The Labute approximate surface area is 173 Å². The summed E-state index contributed by atoms with van der Waals surface area (Å²) in [4.78, 5) is 12.0. The van der Waals surface area contributed by atoms with Gasteiger partial charge in [0.15, 0.2) is 0 Å². The molecule has 0 saturated heterocycles. The van der Waals surface area contributed by atoms with Crippen LogP contribution in [0.3, 0.4) is 0 Å². The van der Waals surface area contributed by atoms with Crippen molar-refractivity contribution in [1.29, 1.82) is 0 Å². The van der Waals surface area contributed by atoms with Crippen LogP contribution in [0.5, 0.6) is 11.5 Å². The van der Waals surface area contributed by atoms with E-state index in [1.165, 1.54) is 38.3 Å². The Morgan fingerprint density at radius 3 is 2.31 bits per heavy atom. The van der Waals surface area contributed by atoms with Crippen LogP contribution in [0, 0.1) is 0 Å². The Kier molecular flexibility index (Phi) is 5.83. The molecule has 1 aliphatic rings. The SMILES string of the molecule is COc1cc(OC)c(S(N)(=O)=O)cc1C1=NN(C(C)=O)C(c2ccc(Cl)cc2)C1. The van der Waals surface area contributed by atoms with Crippen LogP contribution in [0.25, 0.3) is 0 Å². The minimum atomic E-state index is -4.05. The molecule has 1 heterocycles. The van der Waals surface area contributed by atoms with Crippen LogP contribution in [0.2, 0.25) is 5.02 Å². The van der Waals surface area contributed by atoms with E-state index < -0.39 is 10.0 Å². The van der Waals surface area contributed by atoms with Gasteiger partial charge >= 0.3 is 0 Å². The fourth-order valence-electron chi connectivity index (χ4n) is 3.23. The summed E-state index contributed by atoms with van der Waals surface area (Å²) in [6.07, 6.45) is 0.355. The molecular weight excluding hydrogens is 418 g/mol. The van der Waals surface area contributed by atoms with Crippen molar-refractivity contribution < 1.29 is 22.7 Å². The minimum absolute atomic E-state index is 0.0596. The van der Waals surface area contributed by atoms with Gasteiger partial charge in [0.1, 0.15) is 16.4 Å². The van der Waals surface area contributed by atoms with E-state index in [0.29, 0.717) is 28.5 Å². The van der Waals surface area contributed by atoms with Crippen molar-refractivity contribution in [2.24, 2.45) is 10.2 Å². The van der Waals surface area contributed by atoms with Gasteiger partial charge in [0.05, 0.1) is 26.0 Å². The second-order valence-electron chi connectivity index (χ2n) is 6.43. The van der Waals surface area contributed by atoms with Gasteiger partial charge in [-0.1, -0.05) is 23.7 Å². The molecule has 1 unspecified atom stereocenters. The van der Waals surface area contributed by atoms with Crippen LogP contribution >= 0.6 is 11.6 Å². The number of benzene rings is 2. The molecule has 1 atom stereocenters. The van der Waals surface area contributed by atoms with Gasteiger partial charge in [0, 0.05) is 30.0 Å². The normalized spacial score (nSPS) is 16.5. The van der Waals surface area contributed by atoms with Crippen LogP contribution in [0.1, 0.15) is 30.5 Å². The molecule has 0 aliphatic carbocycles. The Hall–Kier alpha value is -2.62. The molecule has 2 aromatic carbocycles. The average molecular weight is 438 g/mol. The maximum atomic E-state index is 12.2. The largest absolute Gasteiger partial charge is 0.496 e. The van der Waals surface area contributed by atoms with Crippen molar-refractivity contribution in [3.63, 3.8) is 0 Å². The third-order valence-corrected chi connectivity index (χ3v) is 5.78. The second-order valence-corrected chi connectivity index (χ2v) is 8.40. The zero-order chi connectivity index (χ0) is 21.3. The van der Waals surface area contributed by atoms with Gasteiger partial charge in [0.2, 0.25) is 15.9 Å². The number of sulfonamides is 1. The molecule has 154 valence electrons. The number of ether oxygens (including phenoxy) is 2. The number of primary sulfonamides is 1. The standard InChI is InChI=1S/C19H20ClN3O5S/c1-11(24)23-16(12-4-6-13(20)7-5-12)9-15(22-23)14-8-19(29(21,25)26)18(28-3)10-17(14)27-2/h4-8,10,16H,9H2,1-3H3,(H2,21,25,26). The fraction of sp³-hybridized carbons (Fsp3) is 0.263. The minimum Gasteiger partial charge on any atom is -0.496 e. The number of hydrogen-bond acceptors (Lipinski definition) is 6. The average Bonchev–Trinajstić information content (AvgIpc) is 3.12. The van der Waals surface area contributed by atoms with Gasteiger partial charge in [-0.3, -0.25) is 4.79 Å². The molecule has 8 nitrogen and oxygen atoms in total. The number of nitrogens with zero attached hydrogens (tertiary/aromatic N) is 2. The van der Waals surface area contributed by atoms with Crippen LogP contribution in [0.15, 0.2) is 46.4 Å². The second kappa shape index (κ2) is 8.02. The van der Waals surface area contributed by atoms with Crippen LogP contribution < -0.4 is 14.6 Å². The van der Waals surface area contributed by atoms with Gasteiger partial charge < -0.3 is 9.47 Å². The van der Waals surface area contributed by atoms with Crippen LogP contribution in [-0.4, -0.2) is 39.3 Å². The number of carbonyl (C=O) groups excluding carboxylic acids is 1. The Morgan fingerprint density at radius 1 is 1.17 bits per heavy atom. The number of amides is 1. The molecule has 3 rings (SSSR count). The maximum absolute atomic E-state index is 12.2. The molecule has 0 radical (unpaired) electrons. The fourth-order valence-corrected chi connectivity index (χ4v) is 4.06. The van der Waals surface area contributed by atoms with Crippen molar-refractivity contribution in [3.05, 3.63) is 52.5 Å². The number of halogens is 1. The first-order chi connectivity index (χ1) is 13.7. The number of carbonyl (C=O) groups is 1. The van der Waals surface area contributed by atoms with E-state index in [2.05, 4.69) is 5.10 Å². The molecule has 0 aromatic heterocycles. The number of methoxy groups -OCH3 is 2. The quantitative estimate of drug-likeness (QED) is 0.772. The lowest BCUT2D eigenvalue weighted by atomic mass is 9.98. The first-order valence-electron chi connectivity index (χ1n) is 8.57. The first-order valence-corrected chi connectivity index (χ1v) is 10.5. The molecule has 0 spiro atoms. The number of rotatable bonds is 5. The smallest absolute Gasteiger partial charge is 0.241 e. The van der Waals surface area contributed by atoms with E-state index >= 15 is 0 Å². The molecule has 2 aromatic rings. The molecule has 10 heteroatoms. The highest BCUT2D eigenvalue weighted by atomic mass is 35.5. The van der Waals surface area contributed by atoms with Crippen molar-refractivity contribution in [3.8, 4) is 11.5 Å². The molecular formula is C19H20ClN3O5S. The topological polar surface area (TPSA) is 111 Å². The predicted octanol–water partition coefficient (Wildman–Crippen LogP) is 2.70. The molecule has 1 aliphatic heterocycles. The summed E-state index contributed by atoms with van der Waals surface area (Å²) in [7, 11) is -1.27. The van der Waals surface area contributed by atoms with Crippen molar-refractivity contribution in [1.82, 2.24) is 5.01 Å². The van der Waals surface area contributed by atoms with Gasteiger partial charge in [-0.2, -0.15) is 5.10 Å². The molecule has 0 fully saturated rings. The lowest BCUT2D eigenvalue weighted by Crippen LogP contribution is -2.24. The highest BCUT2D eigenvalue weighted by Gasteiger charge is 2.33. The molecule has 1 amide bonds. The zero-order valence-electron chi connectivity index (χ0n) is 16.0. The van der Waals surface area contributed by atoms with Gasteiger partial charge in [-0.15, -0.1) is 0 Å². The number of nitrogens with two attached hydrogens (primary N) is 1. The lowest BCUT2D eigenvalue weighted by Gasteiger charge is -2.20. The summed E-state index contributed by atoms with van der Waals surface area (Å²) in [5, 5.41) is 11.7. The lowest BCUT2D eigenvalue weighted by molar-refractivity contribution is -0.130. The Balaban J connectivity index is 2.11. The first kappa shape index (κ1) is 21.1. The van der Waals surface area contributed by atoms with Gasteiger partial charge in [-0.25, -0.2) is 18.6 Å². The highest BCUT2D eigenvalue weighted by molar-refractivity contribution is 7.89. The summed E-state index contributed by atoms with van der Waals surface area (Å²) in [5.41, 5.74) is 1.76. The van der Waals surface area contributed by atoms with E-state index in [4.69, 9.17) is 26.2 Å². The van der Waals surface area contributed by atoms with Crippen LogP contribution in [0.4, 0.5) is 0 Å². The molecule has 2 N–H and O–H groups in total. The summed E-state index contributed by atoms with van der Waals surface area (Å²) in [5.74, 6) is 0.164. The summed E-state index contributed by atoms with van der Waals surface area (Å²) >= 11 is 5.96. The molecule has 0 bridgehead atoms. The summed E-state index contributed by atoms with van der Waals surface area (Å²) in [6, 6.07) is 9.55. The van der Waals surface area contributed by atoms with E-state index in [1.54, 1.807) is 12.1 Å². The summed E-state index contributed by atoms with van der Waals surface area (Å²) < 4.78 is 34.6. The van der Waals surface area contributed by atoms with Gasteiger partial charge in [-0.05, 0) is 23.8 Å².